The molecule has 2 unspecified atom stereocenters. The van der Waals surface area contributed by atoms with Crippen LogP contribution in [0.5, 0.6) is 5.75 Å². The lowest BCUT2D eigenvalue weighted by molar-refractivity contribution is -0.140. The molecule has 3 heterocycles. The summed E-state index contributed by atoms with van der Waals surface area (Å²) in [6, 6.07) is 6.41. The van der Waals surface area contributed by atoms with Crippen molar-refractivity contribution in [1.29, 1.82) is 0 Å². The van der Waals surface area contributed by atoms with Gasteiger partial charge in [-0.3, -0.25) is 4.79 Å². The summed E-state index contributed by atoms with van der Waals surface area (Å²) in [7, 11) is 0. The zero-order valence-electron chi connectivity index (χ0n) is 16.7. The molecule has 1 fully saturated rings. The lowest BCUT2D eigenvalue weighted by Gasteiger charge is -2.31. The van der Waals surface area contributed by atoms with Gasteiger partial charge < -0.3 is 15.0 Å². The van der Waals surface area contributed by atoms with Gasteiger partial charge in [0.15, 0.2) is 17.7 Å². The van der Waals surface area contributed by atoms with Gasteiger partial charge in [-0.25, -0.2) is 14.4 Å². The first-order valence-electron chi connectivity index (χ1n) is 10.4. The number of nitrogens with one attached hydrogen (secondary N) is 1. The molecule has 2 aliphatic rings. The van der Waals surface area contributed by atoms with Crippen molar-refractivity contribution < 1.29 is 13.9 Å². The summed E-state index contributed by atoms with van der Waals surface area (Å²) in [5, 5.41) is 3.48. The Morgan fingerprint density at radius 3 is 3.00 bits per heavy atom. The fourth-order valence-electron chi connectivity index (χ4n) is 3.97. The number of hydrogen-bond donors (Lipinski definition) is 1. The summed E-state index contributed by atoms with van der Waals surface area (Å²) >= 11 is 0. The molecule has 2 aromatic rings. The number of benzene rings is 1. The fraction of sp³-hybridized carbons (Fsp3) is 0.500. The number of para-hydroxylation sites is 1. The van der Waals surface area contributed by atoms with Crippen LogP contribution in [0.2, 0.25) is 0 Å². The van der Waals surface area contributed by atoms with Crippen LogP contribution in [0.4, 0.5) is 4.39 Å². The number of aromatic nitrogens is 2. The summed E-state index contributed by atoms with van der Waals surface area (Å²) in [6.45, 7) is 3.92. The summed E-state index contributed by atoms with van der Waals surface area (Å²) in [5.74, 6) is 0.384. The molecular formula is C22H27FN4O2. The van der Waals surface area contributed by atoms with Crippen LogP contribution in [0.15, 0.2) is 30.5 Å². The van der Waals surface area contributed by atoms with Crippen LogP contribution in [0.1, 0.15) is 55.7 Å². The molecule has 1 amide bonds. The van der Waals surface area contributed by atoms with Crippen LogP contribution >= 0.6 is 0 Å². The van der Waals surface area contributed by atoms with Gasteiger partial charge in [0.1, 0.15) is 5.82 Å². The van der Waals surface area contributed by atoms with E-state index in [1.54, 1.807) is 23.1 Å². The molecule has 6 nitrogen and oxygen atoms in total. The highest BCUT2D eigenvalue weighted by Gasteiger charge is 2.29. The van der Waals surface area contributed by atoms with Gasteiger partial charge in [-0.1, -0.05) is 25.5 Å². The average molecular weight is 398 g/mol. The second-order valence-corrected chi connectivity index (χ2v) is 7.66. The van der Waals surface area contributed by atoms with E-state index in [9.17, 15) is 9.18 Å². The Hall–Kier alpha value is -2.54. The highest BCUT2D eigenvalue weighted by Crippen LogP contribution is 2.24. The first kappa shape index (κ1) is 19.8. The smallest absolute Gasteiger partial charge is 0.263 e. The first-order valence-corrected chi connectivity index (χ1v) is 10.4. The van der Waals surface area contributed by atoms with E-state index in [-0.39, 0.29) is 17.7 Å². The van der Waals surface area contributed by atoms with E-state index in [0.717, 1.165) is 30.0 Å². The standard InChI is InChI=1S/C22H27FN4O2/c1-2-19(29-20-9-4-3-7-16(20)23)22(28)27-12-10-17-15(14-27)13-25-21(26-17)18-8-5-6-11-24-18/h3-4,7,9,13,18-19,24H,2,5-6,8,10-12,14H2,1H3. The third-order valence-corrected chi connectivity index (χ3v) is 5.64. The number of rotatable bonds is 5. The molecule has 0 aliphatic carbocycles. The summed E-state index contributed by atoms with van der Waals surface area (Å²) in [6.07, 6.45) is 5.77. The average Bonchev–Trinajstić information content (AvgIpc) is 2.78. The molecule has 7 heteroatoms. The number of fused-ring (bicyclic) bond motifs is 1. The van der Waals surface area contributed by atoms with Crippen LogP contribution in [-0.4, -0.2) is 40.0 Å². The van der Waals surface area contributed by atoms with E-state index in [0.29, 0.717) is 25.9 Å². The largest absolute Gasteiger partial charge is 0.478 e. The van der Waals surface area contributed by atoms with E-state index in [2.05, 4.69) is 10.3 Å². The second-order valence-electron chi connectivity index (χ2n) is 7.66. The Morgan fingerprint density at radius 1 is 1.38 bits per heavy atom. The third-order valence-electron chi connectivity index (χ3n) is 5.64. The molecule has 4 rings (SSSR count). The van der Waals surface area contributed by atoms with Gasteiger partial charge in [-0.05, 0) is 37.9 Å². The lowest BCUT2D eigenvalue weighted by atomic mass is 10.0. The van der Waals surface area contributed by atoms with Gasteiger partial charge in [0, 0.05) is 31.3 Å². The van der Waals surface area contributed by atoms with Crippen LogP contribution in [0, 0.1) is 5.82 Å². The van der Waals surface area contributed by atoms with E-state index in [1.165, 1.54) is 18.9 Å². The van der Waals surface area contributed by atoms with Crippen molar-refractivity contribution in [3.8, 4) is 5.75 Å². The van der Waals surface area contributed by atoms with Gasteiger partial charge in [0.05, 0.1) is 11.7 Å². The molecule has 154 valence electrons. The number of ether oxygens (including phenoxy) is 1. The normalized spacial score (nSPS) is 20.1. The summed E-state index contributed by atoms with van der Waals surface area (Å²) in [4.78, 5) is 24.1. The molecule has 1 aromatic heterocycles. The minimum atomic E-state index is -0.708. The summed E-state index contributed by atoms with van der Waals surface area (Å²) in [5.41, 5.74) is 2.00. The molecule has 1 aromatic carbocycles. The Balaban J connectivity index is 1.44. The van der Waals surface area contributed by atoms with Gasteiger partial charge in [-0.15, -0.1) is 0 Å². The summed E-state index contributed by atoms with van der Waals surface area (Å²) < 4.78 is 19.6. The monoisotopic (exact) mass is 398 g/mol. The minimum Gasteiger partial charge on any atom is -0.478 e. The highest BCUT2D eigenvalue weighted by molar-refractivity contribution is 5.81. The molecular weight excluding hydrogens is 371 g/mol. The second kappa shape index (κ2) is 8.86. The maximum absolute atomic E-state index is 13.9. The molecule has 0 spiro atoms. The molecule has 1 N–H and O–H groups in total. The molecule has 2 aliphatic heterocycles. The topological polar surface area (TPSA) is 67.3 Å². The Morgan fingerprint density at radius 2 is 2.24 bits per heavy atom. The number of piperidine rings is 1. The Kier molecular flexibility index (Phi) is 6.04. The van der Waals surface area contributed by atoms with E-state index < -0.39 is 11.9 Å². The van der Waals surface area contributed by atoms with Gasteiger partial charge in [0.2, 0.25) is 0 Å². The van der Waals surface area contributed by atoms with E-state index in [1.807, 2.05) is 13.1 Å². The van der Waals surface area contributed by atoms with Crippen molar-refractivity contribution in [2.45, 2.75) is 57.7 Å². The SMILES string of the molecule is CCC(Oc1ccccc1F)C(=O)N1CCc2nc(C3CCCCN3)ncc2C1. The molecule has 2 atom stereocenters. The fourth-order valence-corrected chi connectivity index (χ4v) is 3.97. The number of amides is 1. The number of carbonyl (C=O) groups is 1. The van der Waals surface area contributed by atoms with Crippen LogP contribution in [0.25, 0.3) is 0 Å². The zero-order valence-corrected chi connectivity index (χ0v) is 16.7. The number of nitrogens with zero attached hydrogens (tertiary/aromatic N) is 3. The zero-order chi connectivity index (χ0) is 20.2. The van der Waals surface area contributed by atoms with Crippen LogP contribution in [-0.2, 0) is 17.8 Å². The minimum absolute atomic E-state index is 0.109. The molecule has 0 bridgehead atoms. The number of halogens is 1. The molecule has 0 saturated carbocycles. The third kappa shape index (κ3) is 4.40. The molecule has 29 heavy (non-hydrogen) atoms. The van der Waals surface area contributed by atoms with Crippen molar-refractivity contribution in [1.82, 2.24) is 20.2 Å². The molecule has 0 radical (unpaired) electrons. The maximum Gasteiger partial charge on any atom is 0.263 e. The number of hydrogen-bond acceptors (Lipinski definition) is 5. The van der Waals surface area contributed by atoms with E-state index in [4.69, 9.17) is 9.72 Å². The predicted molar refractivity (Wildman–Crippen MR) is 107 cm³/mol. The Bertz CT molecular complexity index is 870. The first-order chi connectivity index (χ1) is 14.2. The van der Waals surface area contributed by atoms with Crippen LogP contribution < -0.4 is 10.1 Å². The van der Waals surface area contributed by atoms with E-state index >= 15 is 0 Å². The maximum atomic E-state index is 13.9. The van der Waals surface area contributed by atoms with Crippen LogP contribution in [0.3, 0.4) is 0 Å². The quantitative estimate of drug-likeness (QED) is 0.838. The van der Waals surface area contributed by atoms with Crippen molar-refractivity contribution in [2.75, 3.05) is 13.1 Å². The van der Waals surface area contributed by atoms with Gasteiger partial charge in [0.25, 0.3) is 5.91 Å². The predicted octanol–water partition coefficient (Wildman–Crippen LogP) is 3.17. The van der Waals surface area contributed by atoms with Crippen molar-refractivity contribution >= 4 is 5.91 Å². The lowest BCUT2D eigenvalue weighted by Crippen LogP contribution is -2.44. The Labute approximate surface area is 170 Å². The number of carbonyl (C=O) groups excluding carboxylic acids is 1. The highest BCUT2D eigenvalue weighted by atomic mass is 19.1. The van der Waals surface area contributed by atoms with Crippen molar-refractivity contribution in [2.24, 2.45) is 0 Å². The van der Waals surface area contributed by atoms with Gasteiger partial charge >= 0.3 is 0 Å². The van der Waals surface area contributed by atoms with Crippen molar-refractivity contribution in [3.63, 3.8) is 0 Å². The van der Waals surface area contributed by atoms with Crippen molar-refractivity contribution in [3.05, 3.63) is 53.4 Å². The van der Waals surface area contributed by atoms with Gasteiger partial charge in [-0.2, -0.15) is 0 Å². The molecule has 1 saturated heterocycles.